The summed E-state index contributed by atoms with van der Waals surface area (Å²) < 4.78 is 0. The van der Waals surface area contributed by atoms with Crippen LogP contribution in [-0.2, 0) is 0 Å². The van der Waals surface area contributed by atoms with Crippen LogP contribution in [0, 0.1) is 0 Å². The van der Waals surface area contributed by atoms with E-state index in [1.54, 1.807) is 12.3 Å². The fraction of sp³-hybridized carbons (Fsp3) is 0.400. The Morgan fingerprint density at radius 2 is 2.13 bits per heavy atom. The van der Waals surface area contributed by atoms with Crippen LogP contribution in [0.2, 0.25) is 0 Å². The lowest BCUT2D eigenvalue weighted by Crippen LogP contribution is -2.18. The molecule has 5 heteroatoms. The Kier molecular flexibility index (Phi) is 2.71. The number of pyridine rings is 1. The number of carboxylic acid groups (broad SMARTS) is 1. The Labute approximate surface area is 87.7 Å². The summed E-state index contributed by atoms with van der Waals surface area (Å²) in [6, 6.07) is 3.57. The maximum Gasteiger partial charge on any atom is 0.409 e. The molecule has 0 radical (unpaired) electrons. The average Bonchev–Trinajstić information content (AvgIpc) is 2.71. The van der Waals surface area contributed by atoms with Crippen molar-refractivity contribution in [3.63, 3.8) is 0 Å². The molecule has 0 unspecified atom stereocenters. The molecule has 15 heavy (non-hydrogen) atoms. The van der Waals surface area contributed by atoms with Crippen molar-refractivity contribution in [2.24, 2.45) is 0 Å². The number of carbonyl (C=O) groups is 1. The van der Waals surface area contributed by atoms with E-state index in [4.69, 9.17) is 5.11 Å². The molecule has 0 aromatic carbocycles. The number of nitrogens with one attached hydrogen (secondary N) is 1. The molecule has 5 nitrogen and oxygen atoms in total. The third-order valence-electron chi connectivity index (χ3n) is 2.43. The Hall–Kier alpha value is -1.78. The highest BCUT2D eigenvalue weighted by Gasteiger charge is 2.12. The van der Waals surface area contributed by atoms with Crippen LogP contribution in [0.15, 0.2) is 18.3 Å². The van der Waals surface area contributed by atoms with Crippen LogP contribution in [0.3, 0.4) is 0 Å². The predicted molar refractivity (Wildman–Crippen MR) is 57.3 cm³/mol. The second kappa shape index (κ2) is 4.16. The fourth-order valence-corrected chi connectivity index (χ4v) is 1.72. The molecule has 2 heterocycles. The van der Waals surface area contributed by atoms with Gasteiger partial charge in [0.05, 0.1) is 11.9 Å². The predicted octanol–water partition coefficient (Wildman–Crippen LogP) is 1.77. The highest BCUT2D eigenvalue weighted by Crippen LogP contribution is 2.18. The zero-order valence-corrected chi connectivity index (χ0v) is 8.31. The minimum atomic E-state index is -1.06. The zero-order chi connectivity index (χ0) is 10.7. The van der Waals surface area contributed by atoms with Crippen LogP contribution in [0.25, 0.3) is 0 Å². The zero-order valence-electron chi connectivity index (χ0n) is 8.31. The second-order valence-electron chi connectivity index (χ2n) is 3.53. The summed E-state index contributed by atoms with van der Waals surface area (Å²) in [5, 5.41) is 10.8. The maximum atomic E-state index is 10.4. The van der Waals surface area contributed by atoms with Crippen molar-refractivity contribution in [3.8, 4) is 0 Å². The molecule has 2 rings (SSSR count). The normalized spacial score (nSPS) is 15.3. The molecule has 0 atom stereocenters. The molecule has 80 valence electrons. The standard InChI is InChI=1S/C10H13N3O2/c14-10(15)12-8-3-4-9(11-7-8)13-5-1-2-6-13/h3-4,7,12H,1-2,5-6H2,(H,14,15). The lowest BCUT2D eigenvalue weighted by atomic mass is 10.4. The summed E-state index contributed by atoms with van der Waals surface area (Å²) in [4.78, 5) is 16.8. The molecule has 1 aliphatic heterocycles. The maximum absolute atomic E-state index is 10.4. The van der Waals surface area contributed by atoms with E-state index >= 15 is 0 Å². The van der Waals surface area contributed by atoms with Crippen molar-refractivity contribution in [1.82, 2.24) is 4.98 Å². The Balaban J connectivity index is 2.06. The largest absolute Gasteiger partial charge is 0.465 e. The minimum absolute atomic E-state index is 0.505. The van der Waals surface area contributed by atoms with Crippen LogP contribution < -0.4 is 10.2 Å². The van der Waals surface area contributed by atoms with Crippen molar-refractivity contribution in [2.45, 2.75) is 12.8 Å². The second-order valence-corrected chi connectivity index (χ2v) is 3.53. The number of anilines is 2. The van der Waals surface area contributed by atoms with E-state index in [0.717, 1.165) is 18.9 Å². The van der Waals surface area contributed by atoms with Gasteiger partial charge in [-0.05, 0) is 25.0 Å². The molecular formula is C10H13N3O2. The third kappa shape index (κ3) is 2.37. The van der Waals surface area contributed by atoms with Crippen LogP contribution in [0.4, 0.5) is 16.3 Å². The summed E-state index contributed by atoms with van der Waals surface area (Å²) in [5.41, 5.74) is 0.505. The van der Waals surface area contributed by atoms with Gasteiger partial charge in [-0.25, -0.2) is 9.78 Å². The van der Waals surface area contributed by atoms with Crippen molar-refractivity contribution >= 4 is 17.6 Å². The van der Waals surface area contributed by atoms with Gasteiger partial charge in [0.25, 0.3) is 0 Å². The van der Waals surface area contributed by atoms with E-state index in [1.165, 1.54) is 12.8 Å². The summed E-state index contributed by atoms with van der Waals surface area (Å²) in [6.07, 6.45) is 2.89. The van der Waals surface area contributed by atoms with Gasteiger partial charge in [0.15, 0.2) is 0 Å². The van der Waals surface area contributed by atoms with E-state index < -0.39 is 6.09 Å². The summed E-state index contributed by atoms with van der Waals surface area (Å²) in [7, 11) is 0. The van der Waals surface area contributed by atoms with Gasteiger partial charge >= 0.3 is 6.09 Å². The molecular weight excluding hydrogens is 194 g/mol. The van der Waals surface area contributed by atoms with E-state index in [1.807, 2.05) is 6.07 Å². The first-order chi connectivity index (χ1) is 7.25. The SMILES string of the molecule is O=C(O)Nc1ccc(N2CCCC2)nc1. The van der Waals surface area contributed by atoms with E-state index in [2.05, 4.69) is 15.2 Å². The summed E-state index contributed by atoms with van der Waals surface area (Å²) >= 11 is 0. The van der Waals surface area contributed by atoms with Crippen molar-refractivity contribution < 1.29 is 9.90 Å². The lowest BCUT2D eigenvalue weighted by molar-refractivity contribution is 0.209. The quantitative estimate of drug-likeness (QED) is 0.775. The molecule has 1 amide bonds. The van der Waals surface area contributed by atoms with Gasteiger partial charge in [0, 0.05) is 13.1 Å². The van der Waals surface area contributed by atoms with Gasteiger partial charge < -0.3 is 10.0 Å². The van der Waals surface area contributed by atoms with Crippen LogP contribution in [0.5, 0.6) is 0 Å². The lowest BCUT2D eigenvalue weighted by Gasteiger charge is -2.15. The molecule has 0 spiro atoms. The number of aromatic nitrogens is 1. The Bertz CT molecular complexity index is 344. The molecule has 1 aliphatic rings. The number of nitrogens with zero attached hydrogens (tertiary/aromatic N) is 2. The molecule has 1 fully saturated rings. The Morgan fingerprint density at radius 1 is 1.40 bits per heavy atom. The minimum Gasteiger partial charge on any atom is -0.465 e. The molecule has 0 bridgehead atoms. The monoisotopic (exact) mass is 207 g/mol. The van der Waals surface area contributed by atoms with Gasteiger partial charge in [-0.3, -0.25) is 5.32 Å². The molecule has 0 saturated carbocycles. The van der Waals surface area contributed by atoms with Crippen molar-refractivity contribution in [1.29, 1.82) is 0 Å². The van der Waals surface area contributed by atoms with Crippen LogP contribution >= 0.6 is 0 Å². The Morgan fingerprint density at radius 3 is 2.67 bits per heavy atom. The van der Waals surface area contributed by atoms with Crippen molar-refractivity contribution in [3.05, 3.63) is 18.3 Å². The van der Waals surface area contributed by atoms with Crippen molar-refractivity contribution in [2.75, 3.05) is 23.3 Å². The van der Waals surface area contributed by atoms with E-state index in [-0.39, 0.29) is 0 Å². The number of rotatable bonds is 2. The van der Waals surface area contributed by atoms with Gasteiger partial charge in [-0.2, -0.15) is 0 Å². The first-order valence-electron chi connectivity index (χ1n) is 4.96. The number of amides is 1. The number of hydrogen-bond donors (Lipinski definition) is 2. The summed E-state index contributed by atoms with van der Waals surface area (Å²) in [5.74, 6) is 0.920. The molecule has 0 aliphatic carbocycles. The topological polar surface area (TPSA) is 65.5 Å². The molecule has 1 aromatic rings. The summed E-state index contributed by atoms with van der Waals surface area (Å²) in [6.45, 7) is 2.08. The van der Waals surface area contributed by atoms with E-state index in [0.29, 0.717) is 5.69 Å². The van der Waals surface area contributed by atoms with Crippen LogP contribution in [0.1, 0.15) is 12.8 Å². The first-order valence-corrected chi connectivity index (χ1v) is 4.96. The average molecular weight is 207 g/mol. The molecule has 2 N–H and O–H groups in total. The highest BCUT2D eigenvalue weighted by molar-refractivity contribution is 5.82. The van der Waals surface area contributed by atoms with Gasteiger partial charge in [-0.1, -0.05) is 0 Å². The molecule has 1 aromatic heterocycles. The first kappa shape index (κ1) is 9.76. The van der Waals surface area contributed by atoms with Gasteiger partial charge in [0.1, 0.15) is 5.82 Å². The van der Waals surface area contributed by atoms with Gasteiger partial charge in [-0.15, -0.1) is 0 Å². The van der Waals surface area contributed by atoms with E-state index in [9.17, 15) is 4.79 Å². The van der Waals surface area contributed by atoms with Gasteiger partial charge in [0.2, 0.25) is 0 Å². The van der Waals surface area contributed by atoms with Crippen LogP contribution in [-0.4, -0.2) is 29.3 Å². The molecule has 1 saturated heterocycles. The smallest absolute Gasteiger partial charge is 0.409 e. The highest BCUT2D eigenvalue weighted by atomic mass is 16.4. The third-order valence-corrected chi connectivity index (χ3v) is 2.43. The number of hydrogen-bond acceptors (Lipinski definition) is 3. The fourth-order valence-electron chi connectivity index (χ4n) is 1.72.